The van der Waals surface area contributed by atoms with Gasteiger partial charge in [-0.25, -0.2) is 4.79 Å². The highest BCUT2D eigenvalue weighted by molar-refractivity contribution is 6.05. The summed E-state index contributed by atoms with van der Waals surface area (Å²) in [7, 11) is 0. The van der Waals surface area contributed by atoms with Crippen LogP contribution in [0.3, 0.4) is 0 Å². The van der Waals surface area contributed by atoms with Crippen LogP contribution in [0, 0.1) is 6.92 Å². The lowest BCUT2D eigenvalue weighted by molar-refractivity contribution is 0.0131. The van der Waals surface area contributed by atoms with Crippen molar-refractivity contribution in [2.45, 2.75) is 70.3 Å². The largest absolute Gasteiger partial charge is 0.486 e. The smallest absolute Gasteiger partial charge is 0.339 e. The van der Waals surface area contributed by atoms with Crippen LogP contribution in [0.2, 0.25) is 0 Å². The second-order valence-electron chi connectivity index (χ2n) is 7.90. The maximum atomic E-state index is 12.9. The molecular weight excluding hydrogens is 316 g/mol. The number of rotatable bonds is 0. The van der Waals surface area contributed by atoms with Gasteiger partial charge in [0.2, 0.25) is 0 Å². The van der Waals surface area contributed by atoms with Gasteiger partial charge in [0, 0.05) is 16.5 Å². The van der Waals surface area contributed by atoms with Gasteiger partial charge >= 0.3 is 5.63 Å². The molecule has 1 aliphatic heterocycles. The highest BCUT2D eigenvalue weighted by Crippen LogP contribution is 2.45. The van der Waals surface area contributed by atoms with E-state index in [0.29, 0.717) is 23.3 Å². The molecule has 0 N–H and O–H groups in total. The van der Waals surface area contributed by atoms with Gasteiger partial charge in [0.05, 0.1) is 12.0 Å². The summed E-state index contributed by atoms with van der Waals surface area (Å²) in [5.41, 5.74) is 3.37. The van der Waals surface area contributed by atoms with Gasteiger partial charge in [0.25, 0.3) is 0 Å². The van der Waals surface area contributed by atoms with Gasteiger partial charge < -0.3 is 9.15 Å². The van der Waals surface area contributed by atoms with Crippen LogP contribution in [-0.2, 0) is 12.8 Å². The van der Waals surface area contributed by atoms with Crippen LogP contribution in [0.25, 0.3) is 11.0 Å². The SMILES string of the molecule is Cc1c2c(cc3c4c(c(=O)oc13)CCC4)C(=O)CC1(CCCCC1)O2. The van der Waals surface area contributed by atoms with Gasteiger partial charge in [-0.2, -0.15) is 0 Å². The molecule has 2 aliphatic carbocycles. The number of fused-ring (bicyclic) bond motifs is 4. The summed E-state index contributed by atoms with van der Waals surface area (Å²) in [6.07, 6.45) is 8.41. The van der Waals surface area contributed by atoms with Crippen molar-refractivity contribution in [1.82, 2.24) is 0 Å². The molecule has 130 valence electrons. The first-order valence-corrected chi connectivity index (χ1v) is 9.42. The van der Waals surface area contributed by atoms with E-state index in [2.05, 4.69) is 0 Å². The molecule has 25 heavy (non-hydrogen) atoms. The zero-order valence-electron chi connectivity index (χ0n) is 14.6. The third-order valence-electron chi connectivity index (χ3n) is 6.31. The number of carbonyl (C=O) groups is 1. The Labute approximate surface area is 146 Å². The van der Waals surface area contributed by atoms with E-state index >= 15 is 0 Å². The van der Waals surface area contributed by atoms with E-state index < -0.39 is 0 Å². The Kier molecular flexibility index (Phi) is 3.16. The van der Waals surface area contributed by atoms with Crippen LogP contribution in [0.5, 0.6) is 5.75 Å². The molecule has 1 aromatic heterocycles. The van der Waals surface area contributed by atoms with E-state index in [1.807, 2.05) is 13.0 Å². The number of ketones is 1. The fourth-order valence-electron chi connectivity index (χ4n) is 5.01. The molecule has 0 bridgehead atoms. The Morgan fingerprint density at radius 2 is 1.76 bits per heavy atom. The maximum Gasteiger partial charge on any atom is 0.339 e. The quantitative estimate of drug-likeness (QED) is 0.674. The Morgan fingerprint density at radius 3 is 2.56 bits per heavy atom. The minimum atomic E-state index is -0.349. The Morgan fingerprint density at radius 1 is 1.00 bits per heavy atom. The van der Waals surface area contributed by atoms with Crippen LogP contribution in [0.1, 0.15) is 72.0 Å². The van der Waals surface area contributed by atoms with E-state index in [4.69, 9.17) is 9.15 Å². The zero-order valence-corrected chi connectivity index (χ0v) is 14.6. The molecule has 1 spiro atoms. The molecule has 2 heterocycles. The molecule has 1 fully saturated rings. The van der Waals surface area contributed by atoms with Gasteiger partial charge in [0.1, 0.15) is 16.9 Å². The summed E-state index contributed by atoms with van der Waals surface area (Å²) >= 11 is 0. The predicted octanol–water partition coefficient (Wildman–Crippen LogP) is 4.26. The van der Waals surface area contributed by atoms with E-state index in [1.165, 1.54) is 6.42 Å². The molecule has 0 atom stereocenters. The second-order valence-corrected chi connectivity index (χ2v) is 7.90. The number of Topliss-reactive ketones (excluding diaryl/α,β-unsaturated/α-hetero) is 1. The molecule has 0 amide bonds. The molecule has 4 heteroatoms. The number of aryl methyl sites for hydroxylation is 2. The zero-order chi connectivity index (χ0) is 17.2. The fraction of sp³-hybridized carbons (Fsp3) is 0.524. The van der Waals surface area contributed by atoms with Crippen LogP contribution in [-0.4, -0.2) is 11.4 Å². The lowest BCUT2D eigenvalue weighted by Gasteiger charge is -2.41. The summed E-state index contributed by atoms with van der Waals surface area (Å²) in [4.78, 5) is 25.3. The Bertz CT molecular complexity index is 960. The summed E-state index contributed by atoms with van der Waals surface area (Å²) in [5.74, 6) is 0.817. The van der Waals surface area contributed by atoms with Crippen LogP contribution in [0.4, 0.5) is 0 Å². The molecule has 3 aliphatic rings. The molecule has 0 radical (unpaired) electrons. The minimum absolute atomic E-state index is 0.172. The molecule has 5 rings (SSSR count). The summed E-state index contributed by atoms with van der Waals surface area (Å²) in [5, 5.41) is 0.930. The first-order valence-electron chi connectivity index (χ1n) is 9.42. The van der Waals surface area contributed by atoms with Gasteiger partial charge in [0.15, 0.2) is 5.78 Å². The van der Waals surface area contributed by atoms with Gasteiger partial charge in [-0.1, -0.05) is 6.42 Å². The van der Waals surface area contributed by atoms with E-state index in [9.17, 15) is 9.59 Å². The number of hydrogen-bond acceptors (Lipinski definition) is 4. The highest BCUT2D eigenvalue weighted by Gasteiger charge is 2.42. The number of benzene rings is 1. The van der Waals surface area contributed by atoms with E-state index in [0.717, 1.165) is 67.0 Å². The van der Waals surface area contributed by atoms with Crippen molar-refractivity contribution in [2.75, 3.05) is 0 Å². The molecule has 4 nitrogen and oxygen atoms in total. The van der Waals surface area contributed by atoms with Gasteiger partial charge in [-0.15, -0.1) is 0 Å². The number of ether oxygens (including phenoxy) is 1. The van der Waals surface area contributed by atoms with Crippen molar-refractivity contribution >= 4 is 16.8 Å². The number of carbonyl (C=O) groups excluding carboxylic acids is 1. The summed E-state index contributed by atoms with van der Waals surface area (Å²) in [6, 6.07) is 1.92. The number of hydrogen-bond donors (Lipinski definition) is 0. The molecule has 2 aromatic rings. The van der Waals surface area contributed by atoms with E-state index in [-0.39, 0.29) is 17.0 Å². The van der Waals surface area contributed by atoms with Crippen molar-refractivity contribution in [2.24, 2.45) is 0 Å². The monoisotopic (exact) mass is 338 g/mol. The maximum absolute atomic E-state index is 12.9. The highest BCUT2D eigenvalue weighted by atomic mass is 16.5. The molecule has 0 unspecified atom stereocenters. The molecule has 0 saturated heterocycles. The normalized spacial score (nSPS) is 21.2. The third-order valence-corrected chi connectivity index (χ3v) is 6.31. The van der Waals surface area contributed by atoms with Crippen molar-refractivity contribution in [3.05, 3.63) is 38.7 Å². The average Bonchev–Trinajstić information content (AvgIpc) is 3.09. The second kappa shape index (κ2) is 5.20. The molecule has 1 aromatic carbocycles. The van der Waals surface area contributed by atoms with Crippen LogP contribution >= 0.6 is 0 Å². The lowest BCUT2D eigenvalue weighted by Crippen LogP contribution is -2.43. The average molecular weight is 338 g/mol. The molecular formula is C21H22O4. The third kappa shape index (κ3) is 2.12. The first-order chi connectivity index (χ1) is 12.1. The predicted molar refractivity (Wildman–Crippen MR) is 94.6 cm³/mol. The van der Waals surface area contributed by atoms with Gasteiger partial charge in [-0.05, 0) is 63.5 Å². The molecule has 1 saturated carbocycles. The van der Waals surface area contributed by atoms with Crippen molar-refractivity contribution in [3.63, 3.8) is 0 Å². The van der Waals surface area contributed by atoms with Crippen molar-refractivity contribution < 1.29 is 13.9 Å². The standard InChI is InChI=1S/C21H22O4/c1-12-18-15(13-6-5-7-14(13)20(23)24-18)10-16-17(22)11-21(25-19(12)16)8-3-2-4-9-21/h10H,2-9,11H2,1H3. The Hall–Kier alpha value is -2.10. The van der Waals surface area contributed by atoms with Crippen LogP contribution in [0.15, 0.2) is 15.3 Å². The Balaban J connectivity index is 1.75. The van der Waals surface area contributed by atoms with Gasteiger partial charge in [-0.3, -0.25) is 4.79 Å². The van der Waals surface area contributed by atoms with Crippen molar-refractivity contribution in [3.8, 4) is 5.75 Å². The summed E-state index contributed by atoms with van der Waals surface area (Å²) in [6.45, 7) is 1.92. The first kappa shape index (κ1) is 15.2. The fourth-order valence-corrected chi connectivity index (χ4v) is 5.01. The van der Waals surface area contributed by atoms with E-state index in [1.54, 1.807) is 0 Å². The minimum Gasteiger partial charge on any atom is -0.486 e. The van der Waals surface area contributed by atoms with Crippen LogP contribution < -0.4 is 10.4 Å². The lowest BCUT2D eigenvalue weighted by atomic mass is 9.78. The topological polar surface area (TPSA) is 56.5 Å². The van der Waals surface area contributed by atoms with Crippen molar-refractivity contribution in [1.29, 1.82) is 0 Å². The summed E-state index contributed by atoms with van der Waals surface area (Å²) < 4.78 is 12.1.